The molecule has 0 N–H and O–H groups in total. The molecule has 1 aromatic rings. The SMILES string of the molecule is Cc1ncsc1CN1CC(F)C1. The van der Waals surface area contributed by atoms with Gasteiger partial charge in [0.1, 0.15) is 6.17 Å². The second-order valence-corrected chi connectivity index (χ2v) is 4.09. The van der Waals surface area contributed by atoms with Crippen LogP contribution in [0, 0.1) is 6.92 Å². The molecule has 4 heteroatoms. The molecular formula is C8H11FN2S. The molecule has 0 radical (unpaired) electrons. The molecule has 12 heavy (non-hydrogen) atoms. The topological polar surface area (TPSA) is 16.1 Å². The summed E-state index contributed by atoms with van der Waals surface area (Å²) in [5.74, 6) is 0. The van der Waals surface area contributed by atoms with Crippen molar-refractivity contribution in [1.29, 1.82) is 0 Å². The highest BCUT2D eigenvalue weighted by Crippen LogP contribution is 2.19. The number of hydrogen-bond acceptors (Lipinski definition) is 3. The number of likely N-dealkylation sites (tertiary alicyclic amines) is 1. The van der Waals surface area contributed by atoms with E-state index >= 15 is 0 Å². The number of halogens is 1. The molecule has 0 unspecified atom stereocenters. The first-order valence-corrected chi connectivity index (χ1v) is 4.89. The first-order chi connectivity index (χ1) is 5.75. The molecule has 0 spiro atoms. The van der Waals surface area contributed by atoms with Gasteiger partial charge in [0.2, 0.25) is 0 Å². The van der Waals surface area contributed by atoms with Crippen molar-refractivity contribution in [2.75, 3.05) is 13.1 Å². The van der Waals surface area contributed by atoms with Crippen LogP contribution in [0.2, 0.25) is 0 Å². The summed E-state index contributed by atoms with van der Waals surface area (Å²) >= 11 is 1.65. The third kappa shape index (κ3) is 1.49. The Kier molecular flexibility index (Phi) is 2.11. The number of hydrogen-bond donors (Lipinski definition) is 0. The van der Waals surface area contributed by atoms with Crippen molar-refractivity contribution in [3.63, 3.8) is 0 Å². The smallest absolute Gasteiger partial charge is 0.125 e. The maximum Gasteiger partial charge on any atom is 0.125 e. The van der Waals surface area contributed by atoms with Gasteiger partial charge in [-0.15, -0.1) is 11.3 Å². The Balaban J connectivity index is 1.92. The molecule has 1 aliphatic heterocycles. The first kappa shape index (κ1) is 8.13. The molecule has 66 valence electrons. The van der Waals surface area contributed by atoms with E-state index in [0.717, 1.165) is 12.2 Å². The van der Waals surface area contributed by atoms with Crippen molar-refractivity contribution in [1.82, 2.24) is 9.88 Å². The average molecular weight is 186 g/mol. The van der Waals surface area contributed by atoms with Crippen LogP contribution >= 0.6 is 11.3 Å². The summed E-state index contributed by atoms with van der Waals surface area (Å²) in [6.07, 6.45) is -0.599. The molecule has 0 amide bonds. The minimum Gasteiger partial charge on any atom is -0.292 e. The van der Waals surface area contributed by atoms with E-state index < -0.39 is 6.17 Å². The lowest BCUT2D eigenvalue weighted by Crippen LogP contribution is -2.47. The van der Waals surface area contributed by atoms with Crippen LogP contribution in [-0.2, 0) is 6.54 Å². The maximum absolute atomic E-state index is 12.4. The van der Waals surface area contributed by atoms with Gasteiger partial charge >= 0.3 is 0 Å². The predicted octanol–water partition coefficient (Wildman–Crippen LogP) is 1.61. The van der Waals surface area contributed by atoms with E-state index in [9.17, 15) is 4.39 Å². The van der Waals surface area contributed by atoms with Crippen LogP contribution in [0.1, 0.15) is 10.6 Å². The summed E-state index contributed by atoms with van der Waals surface area (Å²) in [5, 5.41) is 0. The molecule has 0 atom stereocenters. The Morgan fingerprint density at radius 3 is 3.00 bits per heavy atom. The summed E-state index contributed by atoms with van der Waals surface area (Å²) < 4.78 is 12.4. The van der Waals surface area contributed by atoms with Crippen molar-refractivity contribution in [3.05, 3.63) is 16.1 Å². The molecule has 2 heterocycles. The Bertz CT molecular complexity index is 268. The second-order valence-electron chi connectivity index (χ2n) is 3.15. The largest absolute Gasteiger partial charge is 0.292 e. The Labute approximate surface area is 75.0 Å². The predicted molar refractivity (Wildman–Crippen MR) is 47.0 cm³/mol. The fourth-order valence-electron chi connectivity index (χ4n) is 1.32. The lowest BCUT2D eigenvalue weighted by Gasteiger charge is -2.33. The Morgan fingerprint density at radius 1 is 1.75 bits per heavy atom. The van der Waals surface area contributed by atoms with Crippen LogP contribution in [0.15, 0.2) is 5.51 Å². The first-order valence-electron chi connectivity index (χ1n) is 4.01. The fourth-order valence-corrected chi connectivity index (χ4v) is 2.14. The highest BCUT2D eigenvalue weighted by atomic mass is 32.1. The lowest BCUT2D eigenvalue weighted by atomic mass is 10.2. The highest BCUT2D eigenvalue weighted by Gasteiger charge is 2.26. The summed E-state index contributed by atoms with van der Waals surface area (Å²) in [4.78, 5) is 7.51. The van der Waals surface area contributed by atoms with E-state index in [0.29, 0.717) is 13.1 Å². The van der Waals surface area contributed by atoms with E-state index in [1.165, 1.54) is 4.88 Å². The Hall–Kier alpha value is -0.480. The molecule has 2 rings (SSSR count). The zero-order chi connectivity index (χ0) is 8.55. The van der Waals surface area contributed by atoms with Gasteiger partial charge in [0.05, 0.1) is 11.2 Å². The van der Waals surface area contributed by atoms with Gasteiger partial charge in [0, 0.05) is 24.5 Å². The molecule has 0 saturated carbocycles. The van der Waals surface area contributed by atoms with Gasteiger partial charge in [0.15, 0.2) is 0 Å². The van der Waals surface area contributed by atoms with Gasteiger partial charge in [0.25, 0.3) is 0 Å². The summed E-state index contributed by atoms with van der Waals surface area (Å²) in [6.45, 7) is 4.06. The van der Waals surface area contributed by atoms with Crippen LogP contribution in [0.5, 0.6) is 0 Å². The van der Waals surface area contributed by atoms with E-state index in [4.69, 9.17) is 0 Å². The van der Waals surface area contributed by atoms with Crippen molar-refractivity contribution in [3.8, 4) is 0 Å². The molecule has 1 saturated heterocycles. The lowest BCUT2D eigenvalue weighted by molar-refractivity contribution is 0.0598. The fraction of sp³-hybridized carbons (Fsp3) is 0.625. The molecule has 1 aliphatic rings. The molecule has 0 aliphatic carbocycles. The van der Waals surface area contributed by atoms with Crippen LogP contribution in [0.3, 0.4) is 0 Å². The standard InChI is InChI=1S/C8H11FN2S/c1-6-8(12-5-10-6)4-11-2-7(9)3-11/h5,7H,2-4H2,1H3. The highest BCUT2D eigenvalue weighted by molar-refractivity contribution is 7.09. The summed E-state index contributed by atoms with van der Waals surface area (Å²) in [7, 11) is 0. The molecule has 0 bridgehead atoms. The molecule has 1 fully saturated rings. The molecule has 1 aromatic heterocycles. The van der Waals surface area contributed by atoms with Crippen LogP contribution in [-0.4, -0.2) is 29.1 Å². The van der Waals surface area contributed by atoms with Gasteiger partial charge in [-0.25, -0.2) is 9.37 Å². The monoisotopic (exact) mass is 186 g/mol. The molecule has 2 nitrogen and oxygen atoms in total. The second kappa shape index (κ2) is 3.11. The molecular weight excluding hydrogens is 175 g/mol. The quantitative estimate of drug-likeness (QED) is 0.697. The number of alkyl halides is 1. The summed E-state index contributed by atoms with van der Waals surface area (Å²) in [6, 6.07) is 0. The summed E-state index contributed by atoms with van der Waals surface area (Å²) in [5.41, 5.74) is 2.93. The Morgan fingerprint density at radius 2 is 2.50 bits per heavy atom. The van der Waals surface area contributed by atoms with Crippen molar-refractivity contribution in [2.45, 2.75) is 19.6 Å². The van der Waals surface area contributed by atoms with Crippen molar-refractivity contribution in [2.24, 2.45) is 0 Å². The minimum atomic E-state index is -0.599. The van der Waals surface area contributed by atoms with Gasteiger partial charge in [-0.1, -0.05) is 0 Å². The number of thiazole rings is 1. The minimum absolute atomic E-state index is 0.595. The van der Waals surface area contributed by atoms with E-state index in [1.54, 1.807) is 11.3 Å². The number of rotatable bonds is 2. The number of nitrogens with zero attached hydrogens (tertiary/aromatic N) is 2. The zero-order valence-corrected chi connectivity index (χ0v) is 7.77. The average Bonchev–Trinajstić information content (AvgIpc) is 2.33. The van der Waals surface area contributed by atoms with Gasteiger partial charge in [-0.2, -0.15) is 0 Å². The third-order valence-corrected chi connectivity index (χ3v) is 3.04. The van der Waals surface area contributed by atoms with Gasteiger partial charge in [-0.05, 0) is 6.92 Å². The van der Waals surface area contributed by atoms with E-state index in [-0.39, 0.29) is 0 Å². The van der Waals surface area contributed by atoms with Crippen LogP contribution < -0.4 is 0 Å². The number of aromatic nitrogens is 1. The normalized spacial score (nSPS) is 19.5. The zero-order valence-electron chi connectivity index (χ0n) is 6.96. The van der Waals surface area contributed by atoms with Crippen molar-refractivity contribution < 1.29 is 4.39 Å². The van der Waals surface area contributed by atoms with E-state index in [1.807, 2.05) is 12.4 Å². The van der Waals surface area contributed by atoms with Crippen LogP contribution in [0.4, 0.5) is 4.39 Å². The van der Waals surface area contributed by atoms with E-state index in [2.05, 4.69) is 9.88 Å². The molecule has 0 aromatic carbocycles. The van der Waals surface area contributed by atoms with Gasteiger partial charge in [-0.3, -0.25) is 4.90 Å². The van der Waals surface area contributed by atoms with Crippen LogP contribution in [0.25, 0.3) is 0 Å². The maximum atomic E-state index is 12.4. The van der Waals surface area contributed by atoms with Gasteiger partial charge < -0.3 is 0 Å². The third-order valence-electron chi connectivity index (χ3n) is 2.12. The number of aryl methyl sites for hydroxylation is 1. The van der Waals surface area contributed by atoms with Crippen molar-refractivity contribution >= 4 is 11.3 Å².